The van der Waals surface area contributed by atoms with Crippen LogP contribution in [0.3, 0.4) is 0 Å². The van der Waals surface area contributed by atoms with Crippen molar-refractivity contribution in [1.82, 2.24) is 9.66 Å². The standard InChI is InChI=1S/C12H13N3/c1-2-12-13-8-9-15(12)14-10-11-6-4-3-5-7-11/h3-10H,2H2,1H3. The van der Waals surface area contributed by atoms with Gasteiger partial charge in [-0.2, -0.15) is 5.10 Å². The first-order valence-electron chi connectivity index (χ1n) is 5.02. The Labute approximate surface area is 89.1 Å². The first-order chi connectivity index (χ1) is 7.40. The number of rotatable bonds is 3. The van der Waals surface area contributed by atoms with Crippen LogP contribution in [0, 0.1) is 0 Å². The topological polar surface area (TPSA) is 30.2 Å². The van der Waals surface area contributed by atoms with E-state index in [1.165, 1.54) is 0 Å². The predicted octanol–water partition coefficient (Wildman–Crippen LogP) is 2.33. The average Bonchev–Trinajstić information content (AvgIpc) is 2.75. The molecule has 1 aromatic carbocycles. The fourth-order valence-electron chi connectivity index (χ4n) is 1.35. The minimum atomic E-state index is 0.888. The Kier molecular flexibility index (Phi) is 2.93. The second kappa shape index (κ2) is 4.55. The van der Waals surface area contributed by atoms with Crippen LogP contribution in [0.25, 0.3) is 0 Å². The molecule has 1 aromatic heterocycles. The minimum Gasteiger partial charge on any atom is -0.240 e. The summed E-state index contributed by atoms with van der Waals surface area (Å²) < 4.78 is 1.80. The van der Waals surface area contributed by atoms with Gasteiger partial charge in [-0.3, -0.25) is 0 Å². The molecule has 0 amide bonds. The highest BCUT2D eigenvalue weighted by atomic mass is 15.4. The van der Waals surface area contributed by atoms with Gasteiger partial charge in [0.1, 0.15) is 5.82 Å². The van der Waals surface area contributed by atoms with Gasteiger partial charge in [0.15, 0.2) is 0 Å². The Morgan fingerprint density at radius 2 is 2.13 bits per heavy atom. The van der Waals surface area contributed by atoms with Crippen molar-refractivity contribution in [1.29, 1.82) is 0 Å². The number of aryl methyl sites for hydroxylation is 1. The molecule has 0 fully saturated rings. The molecule has 2 rings (SSSR count). The van der Waals surface area contributed by atoms with Crippen molar-refractivity contribution in [2.24, 2.45) is 5.10 Å². The van der Waals surface area contributed by atoms with E-state index in [-0.39, 0.29) is 0 Å². The van der Waals surface area contributed by atoms with E-state index >= 15 is 0 Å². The lowest BCUT2D eigenvalue weighted by Crippen LogP contribution is -1.95. The van der Waals surface area contributed by atoms with Gasteiger partial charge in [-0.25, -0.2) is 9.66 Å². The predicted molar refractivity (Wildman–Crippen MR) is 61.0 cm³/mol. The number of hydrogen-bond acceptors (Lipinski definition) is 2. The Morgan fingerprint density at radius 3 is 2.87 bits per heavy atom. The first-order valence-corrected chi connectivity index (χ1v) is 5.02. The first kappa shape index (κ1) is 9.65. The van der Waals surface area contributed by atoms with E-state index in [9.17, 15) is 0 Å². The molecule has 0 aliphatic carbocycles. The third-order valence-corrected chi connectivity index (χ3v) is 2.14. The molecule has 1 heterocycles. The molecule has 0 saturated carbocycles. The van der Waals surface area contributed by atoms with Crippen LogP contribution in [-0.4, -0.2) is 15.9 Å². The van der Waals surface area contributed by atoms with Crippen molar-refractivity contribution in [3.8, 4) is 0 Å². The van der Waals surface area contributed by atoms with E-state index in [1.54, 1.807) is 10.9 Å². The maximum atomic E-state index is 4.34. The van der Waals surface area contributed by atoms with Crippen molar-refractivity contribution in [3.05, 3.63) is 54.1 Å². The van der Waals surface area contributed by atoms with Gasteiger partial charge >= 0.3 is 0 Å². The zero-order chi connectivity index (χ0) is 10.5. The van der Waals surface area contributed by atoms with Crippen LogP contribution in [-0.2, 0) is 6.42 Å². The summed E-state index contributed by atoms with van der Waals surface area (Å²) in [4.78, 5) is 4.20. The van der Waals surface area contributed by atoms with Gasteiger partial charge in [0.05, 0.1) is 6.21 Å². The Balaban J connectivity index is 2.19. The van der Waals surface area contributed by atoms with Gasteiger partial charge < -0.3 is 0 Å². The Morgan fingerprint density at radius 1 is 1.33 bits per heavy atom. The normalized spacial score (nSPS) is 11.0. The zero-order valence-electron chi connectivity index (χ0n) is 8.67. The number of aromatic nitrogens is 2. The van der Waals surface area contributed by atoms with Crippen LogP contribution in [0.15, 0.2) is 47.8 Å². The van der Waals surface area contributed by atoms with Gasteiger partial charge in [0, 0.05) is 18.8 Å². The molecule has 76 valence electrons. The SMILES string of the molecule is CCc1nccn1N=Cc1ccccc1. The van der Waals surface area contributed by atoms with Crippen molar-refractivity contribution < 1.29 is 0 Å². The van der Waals surface area contributed by atoms with Gasteiger partial charge in [-0.15, -0.1) is 0 Å². The molecule has 0 atom stereocenters. The lowest BCUT2D eigenvalue weighted by Gasteiger charge is -1.97. The molecule has 0 unspecified atom stereocenters. The number of imidazole rings is 1. The number of nitrogens with zero attached hydrogens (tertiary/aromatic N) is 3. The summed E-state index contributed by atoms with van der Waals surface area (Å²) in [6.07, 6.45) is 6.35. The maximum absolute atomic E-state index is 4.34. The van der Waals surface area contributed by atoms with Gasteiger partial charge in [0.2, 0.25) is 0 Å². The van der Waals surface area contributed by atoms with Crippen molar-refractivity contribution in [2.45, 2.75) is 13.3 Å². The molecule has 0 N–H and O–H groups in total. The molecule has 0 aliphatic rings. The smallest absolute Gasteiger partial charge is 0.129 e. The van der Waals surface area contributed by atoms with Crippen molar-refractivity contribution in [3.63, 3.8) is 0 Å². The second-order valence-corrected chi connectivity index (χ2v) is 3.20. The van der Waals surface area contributed by atoms with Gasteiger partial charge in [-0.1, -0.05) is 37.3 Å². The van der Waals surface area contributed by atoms with Crippen molar-refractivity contribution in [2.75, 3.05) is 0 Å². The monoisotopic (exact) mass is 199 g/mol. The van der Waals surface area contributed by atoms with E-state index in [0.717, 1.165) is 17.8 Å². The third-order valence-electron chi connectivity index (χ3n) is 2.14. The van der Waals surface area contributed by atoms with E-state index in [2.05, 4.69) is 17.0 Å². The summed E-state index contributed by atoms with van der Waals surface area (Å²) in [6, 6.07) is 10.0. The summed E-state index contributed by atoms with van der Waals surface area (Å²) >= 11 is 0. The summed E-state index contributed by atoms with van der Waals surface area (Å²) in [5.41, 5.74) is 1.09. The fourth-order valence-corrected chi connectivity index (χ4v) is 1.35. The average molecular weight is 199 g/mol. The van der Waals surface area contributed by atoms with E-state index in [0.29, 0.717) is 0 Å². The summed E-state index contributed by atoms with van der Waals surface area (Å²) in [7, 11) is 0. The Bertz CT molecular complexity index is 443. The number of benzene rings is 1. The van der Waals surface area contributed by atoms with E-state index < -0.39 is 0 Å². The molecule has 15 heavy (non-hydrogen) atoms. The quantitative estimate of drug-likeness (QED) is 0.698. The molecule has 0 spiro atoms. The molecular formula is C12H13N3. The van der Waals surface area contributed by atoms with Gasteiger partial charge in [-0.05, 0) is 5.56 Å². The summed E-state index contributed by atoms with van der Waals surface area (Å²) in [5, 5.41) is 4.34. The fraction of sp³-hybridized carbons (Fsp3) is 0.167. The van der Waals surface area contributed by atoms with Crippen LogP contribution < -0.4 is 0 Å². The lowest BCUT2D eigenvalue weighted by molar-refractivity contribution is 0.788. The highest BCUT2D eigenvalue weighted by molar-refractivity contribution is 5.79. The number of hydrogen-bond donors (Lipinski definition) is 0. The highest BCUT2D eigenvalue weighted by Gasteiger charge is 1.95. The third kappa shape index (κ3) is 2.31. The minimum absolute atomic E-state index is 0.888. The second-order valence-electron chi connectivity index (χ2n) is 3.20. The largest absolute Gasteiger partial charge is 0.240 e. The maximum Gasteiger partial charge on any atom is 0.129 e. The van der Waals surface area contributed by atoms with Crippen LogP contribution in [0.4, 0.5) is 0 Å². The molecule has 0 aliphatic heterocycles. The highest BCUT2D eigenvalue weighted by Crippen LogP contribution is 1.99. The molecule has 0 saturated heterocycles. The molecule has 0 radical (unpaired) electrons. The van der Waals surface area contributed by atoms with Gasteiger partial charge in [0.25, 0.3) is 0 Å². The van der Waals surface area contributed by atoms with Crippen molar-refractivity contribution >= 4 is 6.21 Å². The molecule has 0 bridgehead atoms. The zero-order valence-corrected chi connectivity index (χ0v) is 8.67. The molecular weight excluding hydrogens is 186 g/mol. The molecule has 3 heteroatoms. The van der Waals surface area contributed by atoms with E-state index in [1.807, 2.05) is 42.7 Å². The summed E-state index contributed by atoms with van der Waals surface area (Å²) in [5.74, 6) is 0.974. The lowest BCUT2D eigenvalue weighted by atomic mass is 10.2. The van der Waals surface area contributed by atoms with Crippen LogP contribution in [0.1, 0.15) is 18.3 Å². The summed E-state index contributed by atoms with van der Waals surface area (Å²) in [6.45, 7) is 2.07. The van der Waals surface area contributed by atoms with Crippen LogP contribution >= 0.6 is 0 Å². The van der Waals surface area contributed by atoms with Crippen LogP contribution in [0.2, 0.25) is 0 Å². The molecule has 3 nitrogen and oxygen atoms in total. The van der Waals surface area contributed by atoms with Crippen LogP contribution in [0.5, 0.6) is 0 Å². The molecule has 2 aromatic rings. The van der Waals surface area contributed by atoms with E-state index in [4.69, 9.17) is 0 Å². The Hall–Kier alpha value is -1.90.